The third-order valence-electron chi connectivity index (χ3n) is 6.08. The van der Waals surface area contributed by atoms with E-state index in [2.05, 4.69) is 17.1 Å². The van der Waals surface area contributed by atoms with E-state index in [1.165, 1.54) is 12.8 Å². The van der Waals surface area contributed by atoms with Gasteiger partial charge in [0, 0.05) is 42.9 Å². The van der Waals surface area contributed by atoms with E-state index in [1.807, 2.05) is 0 Å². The largest absolute Gasteiger partial charge is 0.378 e. The quantitative estimate of drug-likeness (QED) is 0.497. The first-order valence-corrected chi connectivity index (χ1v) is 10.9. The van der Waals surface area contributed by atoms with E-state index in [0.29, 0.717) is 22.9 Å². The first-order chi connectivity index (χ1) is 13.5. The first kappa shape index (κ1) is 21.3. The number of piperidine rings is 1. The Bertz CT molecular complexity index is 669. The molecular weight excluding hydrogens is 378 g/mol. The fourth-order valence-electron chi connectivity index (χ4n) is 4.42. The second kappa shape index (κ2) is 9.90. The van der Waals surface area contributed by atoms with Crippen LogP contribution in [0.2, 0.25) is 5.02 Å². The molecule has 156 valence electrons. The maximum atomic E-state index is 11.4. The van der Waals surface area contributed by atoms with E-state index >= 15 is 0 Å². The molecular formula is C21H32ClN3O3. The number of likely N-dealkylation sites (tertiary alicyclic amines) is 1. The molecule has 6 nitrogen and oxygen atoms in total. The number of nitro groups is 1. The molecule has 1 aromatic carbocycles. The van der Waals surface area contributed by atoms with Gasteiger partial charge in [0.05, 0.1) is 11.0 Å². The lowest BCUT2D eigenvalue weighted by Gasteiger charge is -2.41. The summed E-state index contributed by atoms with van der Waals surface area (Å²) in [6.07, 6.45) is 8.28. The zero-order valence-electron chi connectivity index (χ0n) is 17.0. The molecule has 2 aliphatic rings. The Morgan fingerprint density at radius 1 is 1.21 bits per heavy atom. The Kier molecular flexibility index (Phi) is 7.55. The maximum absolute atomic E-state index is 11.4. The van der Waals surface area contributed by atoms with Crippen molar-refractivity contribution in [3.63, 3.8) is 0 Å². The number of aryl methyl sites for hydroxylation is 1. The molecule has 0 amide bonds. The average Bonchev–Trinajstić information content (AvgIpc) is 2.70. The number of rotatable bonds is 7. The number of nitrogens with one attached hydrogen (secondary N) is 1. The second-order valence-corrected chi connectivity index (χ2v) is 8.54. The van der Waals surface area contributed by atoms with Gasteiger partial charge in [0.15, 0.2) is 0 Å². The van der Waals surface area contributed by atoms with Crippen LogP contribution in [0.1, 0.15) is 57.4 Å². The number of nitro benzene ring substituents is 1. The van der Waals surface area contributed by atoms with Gasteiger partial charge in [0.25, 0.3) is 5.69 Å². The third kappa shape index (κ3) is 5.37. The highest BCUT2D eigenvalue weighted by molar-refractivity contribution is 6.31. The summed E-state index contributed by atoms with van der Waals surface area (Å²) in [5, 5.41) is 15.3. The lowest BCUT2D eigenvalue weighted by atomic mass is 9.90. The van der Waals surface area contributed by atoms with Crippen molar-refractivity contribution in [1.82, 2.24) is 4.90 Å². The molecule has 1 saturated carbocycles. The van der Waals surface area contributed by atoms with E-state index in [0.717, 1.165) is 57.4 Å². The number of ether oxygens (including phenoxy) is 1. The first-order valence-electron chi connectivity index (χ1n) is 10.5. The number of hydrogen-bond acceptors (Lipinski definition) is 5. The molecule has 2 fully saturated rings. The highest BCUT2D eigenvalue weighted by atomic mass is 35.5. The van der Waals surface area contributed by atoms with Crippen LogP contribution in [0.25, 0.3) is 0 Å². The molecule has 1 N–H and O–H groups in total. The highest BCUT2D eigenvalue weighted by Crippen LogP contribution is 2.33. The smallest absolute Gasteiger partial charge is 0.292 e. The lowest BCUT2D eigenvalue weighted by Crippen LogP contribution is -2.46. The van der Waals surface area contributed by atoms with E-state index in [-0.39, 0.29) is 16.7 Å². The summed E-state index contributed by atoms with van der Waals surface area (Å²) in [4.78, 5) is 13.7. The molecule has 1 aliphatic carbocycles. The predicted octanol–water partition coefficient (Wildman–Crippen LogP) is 5.17. The van der Waals surface area contributed by atoms with Crippen molar-refractivity contribution in [2.75, 3.05) is 25.0 Å². The van der Waals surface area contributed by atoms with Crippen molar-refractivity contribution in [3.8, 4) is 0 Å². The number of anilines is 1. The summed E-state index contributed by atoms with van der Waals surface area (Å²) < 4.78 is 5.91. The Morgan fingerprint density at radius 3 is 2.50 bits per heavy atom. The molecule has 0 unspecified atom stereocenters. The van der Waals surface area contributed by atoms with E-state index in [4.69, 9.17) is 16.3 Å². The van der Waals surface area contributed by atoms with Gasteiger partial charge in [-0.05, 0) is 63.5 Å². The van der Waals surface area contributed by atoms with Gasteiger partial charge in [0.2, 0.25) is 0 Å². The monoisotopic (exact) mass is 409 g/mol. The Hall–Kier alpha value is -1.37. The number of benzene rings is 1. The van der Waals surface area contributed by atoms with Crippen LogP contribution in [0, 0.1) is 17.0 Å². The zero-order valence-corrected chi connectivity index (χ0v) is 17.7. The van der Waals surface area contributed by atoms with Crippen LogP contribution in [0.3, 0.4) is 0 Å². The summed E-state index contributed by atoms with van der Waals surface area (Å²) >= 11 is 6.20. The summed E-state index contributed by atoms with van der Waals surface area (Å²) in [6, 6.07) is 4.15. The van der Waals surface area contributed by atoms with Crippen molar-refractivity contribution in [2.24, 2.45) is 0 Å². The van der Waals surface area contributed by atoms with Crippen LogP contribution in [-0.4, -0.2) is 47.7 Å². The van der Waals surface area contributed by atoms with E-state index < -0.39 is 0 Å². The van der Waals surface area contributed by atoms with Crippen LogP contribution < -0.4 is 5.32 Å². The Balaban J connectivity index is 1.50. The van der Waals surface area contributed by atoms with Crippen LogP contribution in [0.15, 0.2) is 12.1 Å². The molecule has 1 aliphatic heterocycles. The van der Waals surface area contributed by atoms with Crippen molar-refractivity contribution in [1.29, 1.82) is 0 Å². The van der Waals surface area contributed by atoms with Gasteiger partial charge in [-0.15, -0.1) is 0 Å². The van der Waals surface area contributed by atoms with Gasteiger partial charge in [-0.1, -0.05) is 18.5 Å². The van der Waals surface area contributed by atoms with Crippen LogP contribution in [0.4, 0.5) is 11.4 Å². The molecule has 0 atom stereocenters. The van der Waals surface area contributed by atoms with Gasteiger partial charge in [-0.25, -0.2) is 0 Å². The second-order valence-electron chi connectivity index (χ2n) is 8.13. The summed E-state index contributed by atoms with van der Waals surface area (Å²) in [5.74, 6) is 0. The van der Waals surface area contributed by atoms with Crippen molar-refractivity contribution < 1.29 is 9.66 Å². The number of nitrogens with zero attached hydrogens (tertiary/aromatic N) is 2. The minimum Gasteiger partial charge on any atom is -0.378 e. The fraction of sp³-hybridized carbons (Fsp3) is 0.714. The van der Waals surface area contributed by atoms with Crippen LogP contribution in [-0.2, 0) is 4.74 Å². The molecule has 0 bridgehead atoms. The third-order valence-corrected chi connectivity index (χ3v) is 6.49. The fourth-order valence-corrected chi connectivity index (χ4v) is 4.59. The lowest BCUT2D eigenvalue weighted by molar-refractivity contribution is -0.384. The normalized spacial score (nSPS) is 24.2. The van der Waals surface area contributed by atoms with Gasteiger partial charge in [0.1, 0.15) is 5.69 Å². The van der Waals surface area contributed by atoms with Crippen molar-refractivity contribution in [3.05, 3.63) is 32.8 Å². The van der Waals surface area contributed by atoms with E-state index in [1.54, 1.807) is 19.1 Å². The molecule has 7 heteroatoms. The van der Waals surface area contributed by atoms with Gasteiger partial charge in [-0.2, -0.15) is 0 Å². The standard InChI is InChI=1S/C21H32ClN3O3/c1-3-12-28-18-6-4-17(5-7-18)24-10-8-16(9-11-24)23-20-14-19(22)15(2)13-21(20)25(26)27/h13-14,16-18,23H,3-12H2,1-2H3. The van der Waals surface area contributed by atoms with Crippen molar-refractivity contribution >= 4 is 23.0 Å². The number of hydrogen-bond donors (Lipinski definition) is 1. The molecule has 1 heterocycles. The van der Waals surface area contributed by atoms with Gasteiger partial charge < -0.3 is 15.0 Å². The van der Waals surface area contributed by atoms with Gasteiger partial charge >= 0.3 is 0 Å². The molecule has 3 rings (SSSR count). The minimum atomic E-state index is -0.333. The van der Waals surface area contributed by atoms with E-state index in [9.17, 15) is 10.1 Å². The molecule has 28 heavy (non-hydrogen) atoms. The summed E-state index contributed by atoms with van der Waals surface area (Å²) in [5.41, 5.74) is 1.37. The summed E-state index contributed by atoms with van der Waals surface area (Å²) in [6.45, 7) is 6.90. The molecule has 1 aromatic rings. The Labute approximate surface area is 172 Å². The number of halogens is 1. The highest BCUT2D eigenvalue weighted by Gasteiger charge is 2.30. The van der Waals surface area contributed by atoms with Crippen LogP contribution in [0.5, 0.6) is 0 Å². The Morgan fingerprint density at radius 2 is 1.89 bits per heavy atom. The van der Waals surface area contributed by atoms with Crippen LogP contribution >= 0.6 is 11.6 Å². The molecule has 0 aromatic heterocycles. The topological polar surface area (TPSA) is 67.6 Å². The molecule has 0 spiro atoms. The predicted molar refractivity (Wildman–Crippen MR) is 113 cm³/mol. The zero-order chi connectivity index (χ0) is 20.1. The van der Waals surface area contributed by atoms with Crippen molar-refractivity contribution in [2.45, 2.75) is 77.0 Å². The SMILES string of the molecule is CCCOC1CCC(N2CCC(Nc3cc(Cl)c(C)cc3[N+](=O)[O-])CC2)CC1. The average molecular weight is 410 g/mol. The van der Waals surface area contributed by atoms with Gasteiger partial charge in [-0.3, -0.25) is 10.1 Å². The molecule has 0 radical (unpaired) electrons. The maximum Gasteiger partial charge on any atom is 0.292 e. The summed E-state index contributed by atoms with van der Waals surface area (Å²) in [7, 11) is 0. The minimum absolute atomic E-state index is 0.106. The molecule has 1 saturated heterocycles.